The average Bonchev–Trinajstić information content (AvgIpc) is 2.71. The van der Waals surface area contributed by atoms with Crippen LogP contribution in [0.3, 0.4) is 0 Å². The Bertz CT molecular complexity index is 905. The Hall–Kier alpha value is -3.03. The minimum absolute atomic E-state index is 0.0109. The maximum absolute atomic E-state index is 12.9. The number of benzene rings is 1. The zero-order valence-corrected chi connectivity index (χ0v) is 17.1. The number of anilines is 2. The SMILES string of the molecule is CCCCCN(C(=O)COc1ccccc1)c1c(N)n(CCCC)c(=O)[nH]c1=O. The van der Waals surface area contributed by atoms with Gasteiger partial charge in [-0.15, -0.1) is 0 Å². The number of hydrogen-bond acceptors (Lipinski definition) is 5. The molecule has 2 rings (SSSR count). The highest BCUT2D eigenvalue weighted by Gasteiger charge is 2.24. The number of aromatic nitrogens is 2. The molecule has 29 heavy (non-hydrogen) atoms. The molecule has 1 heterocycles. The first-order valence-corrected chi connectivity index (χ1v) is 10.1. The lowest BCUT2D eigenvalue weighted by molar-refractivity contribution is -0.120. The number of nitrogen functional groups attached to an aromatic ring is 1. The number of para-hydroxylation sites is 1. The van der Waals surface area contributed by atoms with E-state index < -0.39 is 11.2 Å². The molecule has 0 aliphatic carbocycles. The predicted molar refractivity (Wildman–Crippen MR) is 114 cm³/mol. The number of nitrogens with two attached hydrogens (primary N) is 1. The van der Waals surface area contributed by atoms with Gasteiger partial charge >= 0.3 is 5.69 Å². The molecule has 0 aliphatic rings. The molecule has 0 unspecified atom stereocenters. The summed E-state index contributed by atoms with van der Waals surface area (Å²) in [6.45, 7) is 4.52. The lowest BCUT2D eigenvalue weighted by Gasteiger charge is -2.24. The molecule has 0 fully saturated rings. The molecule has 0 spiro atoms. The minimum atomic E-state index is -0.662. The first-order chi connectivity index (χ1) is 14.0. The number of ether oxygens (including phenoxy) is 1. The van der Waals surface area contributed by atoms with E-state index in [1.54, 1.807) is 12.1 Å². The number of H-pyrrole nitrogens is 1. The van der Waals surface area contributed by atoms with Crippen LogP contribution in [0.5, 0.6) is 5.75 Å². The van der Waals surface area contributed by atoms with E-state index in [0.717, 1.165) is 25.7 Å². The van der Waals surface area contributed by atoms with E-state index in [0.29, 0.717) is 25.3 Å². The Morgan fingerprint density at radius 1 is 1.10 bits per heavy atom. The molecule has 0 saturated heterocycles. The largest absolute Gasteiger partial charge is 0.484 e. The fraction of sp³-hybridized carbons (Fsp3) is 0.476. The third-order valence-corrected chi connectivity index (χ3v) is 4.61. The molecule has 3 N–H and O–H groups in total. The van der Waals surface area contributed by atoms with Crippen molar-refractivity contribution >= 4 is 17.4 Å². The van der Waals surface area contributed by atoms with Gasteiger partial charge in [-0.1, -0.05) is 51.3 Å². The van der Waals surface area contributed by atoms with Gasteiger partial charge in [-0.25, -0.2) is 4.79 Å². The quantitative estimate of drug-likeness (QED) is 0.561. The fourth-order valence-electron chi connectivity index (χ4n) is 3.00. The summed E-state index contributed by atoms with van der Waals surface area (Å²) >= 11 is 0. The van der Waals surface area contributed by atoms with Crippen molar-refractivity contribution in [2.45, 2.75) is 52.5 Å². The van der Waals surface area contributed by atoms with Crippen molar-refractivity contribution in [2.24, 2.45) is 0 Å². The Morgan fingerprint density at radius 2 is 1.79 bits per heavy atom. The van der Waals surface area contributed by atoms with Crippen LogP contribution in [0.4, 0.5) is 11.5 Å². The topological polar surface area (TPSA) is 110 Å². The van der Waals surface area contributed by atoms with Gasteiger partial charge < -0.3 is 15.4 Å². The van der Waals surface area contributed by atoms with Crippen molar-refractivity contribution in [3.05, 3.63) is 51.2 Å². The Morgan fingerprint density at radius 3 is 2.45 bits per heavy atom. The fourth-order valence-corrected chi connectivity index (χ4v) is 3.00. The van der Waals surface area contributed by atoms with E-state index in [1.807, 2.05) is 25.1 Å². The van der Waals surface area contributed by atoms with E-state index in [2.05, 4.69) is 11.9 Å². The highest BCUT2D eigenvalue weighted by atomic mass is 16.5. The smallest absolute Gasteiger partial charge is 0.330 e. The van der Waals surface area contributed by atoms with E-state index in [9.17, 15) is 14.4 Å². The number of carbonyl (C=O) groups is 1. The number of nitrogens with one attached hydrogen (secondary N) is 1. The summed E-state index contributed by atoms with van der Waals surface area (Å²) in [4.78, 5) is 41.3. The van der Waals surface area contributed by atoms with Crippen LogP contribution in [0.1, 0.15) is 46.0 Å². The van der Waals surface area contributed by atoms with Crippen LogP contribution in [0.15, 0.2) is 39.9 Å². The second-order valence-electron chi connectivity index (χ2n) is 6.85. The van der Waals surface area contributed by atoms with E-state index in [1.165, 1.54) is 9.47 Å². The summed E-state index contributed by atoms with van der Waals surface area (Å²) in [5, 5.41) is 0. The van der Waals surface area contributed by atoms with Crippen LogP contribution in [-0.2, 0) is 11.3 Å². The third kappa shape index (κ3) is 5.97. The summed E-state index contributed by atoms with van der Waals surface area (Å²) in [6, 6.07) is 8.98. The lowest BCUT2D eigenvalue weighted by atomic mass is 10.2. The van der Waals surface area contributed by atoms with Crippen LogP contribution in [-0.4, -0.2) is 28.6 Å². The zero-order valence-electron chi connectivity index (χ0n) is 17.1. The van der Waals surface area contributed by atoms with E-state index in [-0.39, 0.29) is 24.0 Å². The number of nitrogens with zero attached hydrogens (tertiary/aromatic N) is 2. The number of amides is 1. The number of carbonyl (C=O) groups excluding carboxylic acids is 1. The third-order valence-electron chi connectivity index (χ3n) is 4.61. The van der Waals surface area contributed by atoms with Gasteiger partial charge in [0, 0.05) is 13.1 Å². The molecule has 2 aromatic rings. The van der Waals surface area contributed by atoms with Gasteiger partial charge in [0.15, 0.2) is 12.3 Å². The monoisotopic (exact) mass is 402 g/mol. The molecule has 158 valence electrons. The highest BCUT2D eigenvalue weighted by molar-refractivity contribution is 5.96. The second kappa shape index (κ2) is 11.1. The summed E-state index contributed by atoms with van der Waals surface area (Å²) in [7, 11) is 0. The van der Waals surface area contributed by atoms with Crippen LogP contribution < -0.4 is 26.6 Å². The molecular weight excluding hydrogens is 372 g/mol. The van der Waals surface area contributed by atoms with Crippen molar-refractivity contribution in [1.82, 2.24) is 9.55 Å². The van der Waals surface area contributed by atoms with Gasteiger partial charge in [0.2, 0.25) is 0 Å². The summed E-state index contributed by atoms with van der Waals surface area (Å²) in [5.41, 5.74) is 4.97. The van der Waals surface area contributed by atoms with Gasteiger partial charge in [0.05, 0.1) is 0 Å². The van der Waals surface area contributed by atoms with Gasteiger partial charge in [-0.05, 0) is 25.0 Å². The molecule has 1 aromatic carbocycles. The Kier molecular flexibility index (Phi) is 8.51. The molecule has 0 bridgehead atoms. The normalized spacial score (nSPS) is 10.7. The maximum Gasteiger partial charge on any atom is 0.330 e. The Balaban J connectivity index is 2.34. The number of hydrogen-bond donors (Lipinski definition) is 2. The van der Waals surface area contributed by atoms with Crippen molar-refractivity contribution < 1.29 is 9.53 Å². The molecule has 0 atom stereocenters. The molecule has 1 amide bonds. The van der Waals surface area contributed by atoms with Crippen LogP contribution in [0.25, 0.3) is 0 Å². The Labute approximate surface area is 170 Å². The van der Waals surface area contributed by atoms with Crippen molar-refractivity contribution in [2.75, 3.05) is 23.8 Å². The first kappa shape index (κ1) is 22.3. The van der Waals surface area contributed by atoms with Crippen LogP contribution >= 0.6 is 0 Å². The lowest BCUT2D eigenvalue weighted by Crippen LogP contribution is -2.43. The molecule has 0 aliphatic heterocycles. The van der Waals surface area contributed by atoms with Crippen molar-refractivity contribution in [3.8, 4) is 5.75 Å². The maximum atomic E-state index is 12.9. The van der Waals surface area contributed by atoms with E-state index >= 15 is 0 Å². The summed E-state index contributed by atoms with van der Waals surface area (Å²) in [5.74, 6) is 0.184. The van der Waals surface area contributed by atoms with Gasteiger partial charge in [0.1, 0.15) is 11.6 Å². The molecule has 8 heteroatoms. The molecular formula is C21H30N4O4. The molecule has 8 nitrogen and oxygen atoms in total. The standard InChI is InChI=1S/C21H30N4O4/c1-3-5-10-14-24(17(26)15-29-16-11-8-7-9-12-16)18-19(22)25(13-6-4-2)21(28)23-20(18)27/h7-9,11-12H,3-6,10,13-15,22H2,1-2H3,(H,23,27,28). The molecule has 0 radical (unpaired) electrons. The first-order valence-electron chi connectivity index (χ1n) is 10.1. The van der Waals surface area contributed by atoms with Crippen LogP contribution in [0.2, 0.25) is 0 Å². The van der Waals surface area contributed by atoms with Gasteiger partial charge in [-0.3, -0.25) is 19.1 Å². The average molecular weight is 402 g/mol. The number of unbranched alkanes of at least 4 members (excludes halogenated alkanes) is 3. The highest BCUT2D eigenvalue weighted by Crippen LogP contribution is 2.19. The molecule has 1 aromatic heterocycles. The van der Waals surface area contributed by atoms with Crippen LogP contribution in [0, 0.1) is 0 Å². The molecule has 0 saturated carbocycles. The van der Waals surface area contributed by atoms with Crippen molar-refractivity contribution in [1.29, 1.82) is 0 Å². The number of rotatable bonds is 11. The van der Waals surface area contributed by atoms with Gasteiger partial charge in [0.25, 0.3) is 11.5 Å². The minimum Gasteiger partial charge on any atom is -0.484 e. The van der Waals surface area contributed by atoms with Crippen molar-refractivity contribution in [3.63, 3.8) is 0 Å². The predicted octanol–water partition coefficient (Wildman–Crippen LogP) is 2.52. The number of aromatic amines is 1. The zero-order chi connectivity index (χ0) is 21.2. The summed E-state index contributed by atoms with van der Waals surface area (Å²) in [6.07, 6.45) is 4.17. The van der Waals surface area contributed by atoms with Gasteiger partial charge in [-0.2, -0.15) is 0 Å². The second-order valence-corrected chi connectivity index (χ2v) is 6.85. The van der Waals surface area contributed by atoms with E-state index in [4.69, 9.17) is 10.5 Å². The summed E-state index contributed by atoms with van der Waals surface area (Å²) < 4.78 is 6.88.